The lowest BCUT2D eigenvalue weighted by Gasteiger charge is -2.12. The molecule has 0 aliphatic rings. The first-order valence-electron chi connectivity index (χ1n) is 7.23. The van der Waals surface area contributed by atoms with E-state index in [2.05, 4.69) is 4.72 Å². The number of para-hydroxylation sites is 1. The number of nitrogens with one attached hydrogen (secondary N) is 1. The zero-order valence-electron chi connectivity index (χ0n) is 13.0. The Morgan fingerprint density at radius 2 is 1.92 bits per heavy atom. The third-order valence-electron chi connectivity index (χ3n) is 3.63. The molecule has 130 valence electrons. The average molecular weight is 364 g/mol. The number of nitro groups is 1. The largest absolute Gasteiger partial charge is 0.459 e. The van der Waals surface area contributed by atoms with E-state index in [-0.39, 0.29) is 0 Å². The van der Waals surface area contributed by atoms with Gasteiger partial charge in [-0.2, -0.15) is 4.39 Å². The third kappa shape index (κ3) is 3.37. The van der Waals surface area contributed by atoms with Crippen LogP contribution in [0.2, 0.25) is 0 Å². The van der Waals surface area contributed by atoms with E-state index in [4.69, 9.17) is 4.42 Å². The smallest absolute Gasteiger partial charge is 0.306 e. The van der Waals surface area contributed by atoms with Crippen molar-refractivity contribution in [3.63, 3.8) is 0 Å². The van der Waals surface area contributed by atoms with Crippen molar-refractivity contribution in [3.05, 3.63) is 70.2 Å². The van der Waals surface area contributed by atoms with Crippen LogP contribution in [0.1, 0.15) is 18.7 Å². The second kappa shape index (κ2) is 6.26. The lowest BCUT2D eigenvalue weighted by molar-refractivity contribution is -0.387. The Hall–Kier alpha value is -2.78. The molecule has 0 unspecified atom stereocenters. The van der Waals surface area contributed by atoms with E-state index in [0.717, 1.165) is 17.5 Å². The van der Waals surface area contributed by atoms with Gasteiger partial charge < -0.3 is 4.42 Å². The van der Waals surface area contributed by atoms with Gasteiger partial charge in [0.25, 0.3) is 0 Å². The minimum atomic E-state index is -4.10. The van der Waals surface area contributed by atoms with Crippen LogP contribution in [0, 0.1) is 15.9 Å². The number of rotatable bonds is 5. The number of hydrogen-bond donors (Lipinski definition) is 1. The van der Waals surface area contributed by atoms with E-state index in [1.165, 1.54) is 0 Å². The van der Waals surface area contributed by atoms with Crippen molar-refractivity contribution < 1.29 is 22.1 Å². The van der Waals surface area contributed by atoms with Crippen molar-refractivity contribution in [2.24, 2.45) is 0 Å². The summed E-state index contributed by atoms with van der Waals surface area (Å²) in [5, 5.41) is 11.6. The molecule has 3 rings (SSSR count). The van der Waals surface area contributed by atoms with Gasteiger partial charge in [0, 0.05) is 11.5 Å². The summed E-state index contributed by atoms with van der Waals surface area (Å²) in [7, 11) is -4.10. The molecule has 0 radical (unpaired) electrons. The molecule has 25 heavy (non-hydrogen) atoms. The Labute approximate surface area is 142 Å². The normalized spacial score (nSPS) is 13.0. The lowest BCUT2D eigenvalue weighted by atomic mass is 10.2. The minimum absolute atomic E-state index is 0.390. The van der Waals surface area contributed by atoms with Crippen molar-refractivity contribution in [1.29, 1.82) is 0 Å². The molecule has 1 N–H and O–H groups in total. The minimum Gasteiger partial charge on any atom is -0.459 e. The van der Waals surface area contributed by atoms with Gasteiger partial charge in [-0.15, -0.1) is 0 Å². The summed E-state index contributed by atoms with van der Waals surface area (Å²) in [5.41, 5.74) is -0.291. The highest BCUT2D eigenvalue weighted by atomic mass is 32.2. The molecule has 2 aromatic carbocycles. The molecule has 0 spiro atoms. The molecule has 3 aromatic rings. The van der Waals surface area contributed by atoms with E-state index < -0.39 is 37.4 Å². The topological polar surface area (TPSA) is 102 Å². The van der Waals surface area contributed by atoms with E-state index in [1.807, 2.05) is 12.1 Å². The van der Waals surface area contributed by atoms with Gasteiger partial charge >= 0.3 is 5.69 Å². The van der Waals surface area contributed by atoms with E-state index in [0.29, 0.717) is 17.4 Å². The van der Waals surface area contributed by atoms with Gasteiger partial charge in [0.2, 0.25) is 15.8 Å². The first kappa shape index (κ1) is 17.1. The zero-order valence-corrected chi connectivity index (χ0v) is 13.8. The van der Waals surface area contributed by atoms with Crippen LogP contribution in [-0.2, 0) is 10.0 Å². The monoisotopic (exact) mass is 364 g/mol. The van der Waals surface area contributed by atoms with E-state index in [9.17, 15) is 22.9 Å². The highest BCUT2D eigenvalue weighted by molar-refractivity contribution is 7.89. The number of furan rings is 1. The van der Waals surface area contributed by atoms with Crippen LogP contribution in [0.4, 0.5) is 10.1 Å². The molecule has 0 fully saturated rings. The quantitative estimate of drug-likeness (QED) is 0.551. The summed E-state index contributed by atoms with van der Waals surface area (Å²) < 4.78 is 46.2. The van der Waals surface area contributed by atoms with Crippen LogP contribution < -0.4 is 4.72 Å². The van der Waals surface area contributed by atoms with Crippen LogP contribution in [-0.4, -0.2) is 13.3 Å². The molecule has 0 bridgehead atoms. The van der Waals surface area contributed by atoms with Gasteiger partial charge in [-0.1, -0.05) is 18.2 Å². The SMILES string of the molecule is C[C@H](NS(=O)(=O)c1ccc(F)c([N+](=O)[O-])c1)c1cc2ccccc2o1. The fraction of sp³-hybridized carbons (Fsp3) is 0.125. The maximum absolute atomic E-state index is 13.4. The molecular weight excluding hydrogens is 351 g/mol. The van der Waals surface area contributed by atoms with Gasteiger partial charge in [0.1, 0.15) is 11.3 Å². The number of nitrogens with zero attached hydrogens (tertiary/aromatic N) is 1. The summed E-state index contributed by atoms with van der Waals surface area (Å²) in [4.78, 5) is 9.40. The standard InChI is InChI=1S/C16H13FN2O5S/c1-10(16-8-11-4-2-3-5-15(11)24-16)18-25(22,23)12-6-7-13(17)14(9-12)19(20)21/h2-10,18H,1H3/t10-/m0/s1. The van der Waals surface area contributed by atoms with Crippen molar-refractivity contribution in [3.8, 4) is 0 Å². The summed E-state index contributed by atoms with van der Waals surface area (Å²) >= 11 is 0. The van der Waals surface area contributed by atoms with Crippen molar-refractivity contribution in [2.75, 3.05) is 0 Å². The predicted octanol–water partition coefficient (Wildman–Crippen LogP) is 3.52. The number of sulfonamides is 1. The van der Waals surface area contributed by atoms with E-state index >= 15 is 0 Å². The summed E-state index contributed by atoms with van der Waals surface area (Å²) in [6, 6.07) is 10.6. The molecular formula is C16H13FN2O5S. The number of hydrogen-bond acceptors (Lipinski definition) is 5. The van der Waals surface area contributed by atoms with Crippen molar-refractivity contribution in [2.45, 2.75) is 17.9 Å². The molecule has 7 nitrogen and oxygen atoms in total. The molecule has 0 aliphatic carbocycles. The van der Waals surface area contributed by atoms with Crippen LogP contribution >= 0.6 is 0 Å². The predicted molar refractivity (Wildman–Crippen MR) is 88.0 cm³/mol. The Morgan fingerprint density at radius 3 is 2.60 bits per heavy atom. The summed E-state index contributed by atoms with van der Waals surface area (Å²) in [6.07, 6.45) is 0. The molecule has 1 atom stereocenters. The Morgan fingerprint density at radius 1 is 1.20 bits per heavy atom. The van der Waals surface area contributed by atoms with Crippen LogP contribution in [0.15, 0.2) is 57.8 Å². The molecule has 0 aliphatic heterocycles. The highest BCUT2D eigenvalue weighted by Crippen LogP contribution is 2.26. The van der Waals surface area contributed by atoms with E-state index in [1.54, 1.807) is 25.1 Å². The highest BCUT2D eigenvalue weighted by Gasteiger charge is 2.24. The number of fused-ring (bicyclic) bond motifs is 1. The number of halogens is 1. The average Bonchev–Trinajstić information content (AvgIpc) is 2.98. The first-order chi connectivity index (χ1) is 11.8. The number of benzene rings is 2. The molecule has 1 aromatic heterocycles. The van der Waals surface area contributed by atoms with Gasteiger partial charge in [-0.25, -0.2) is 13.1 Å². The fourth-order valence-electron chi connectivity index (χ4n) is 2.37. The Kier molecular flexibility index (Phi) is 4.27. The summed E-state index contributed by atoms with van der Waals surface area (Å²) in [6.45, 7) is 1.58. The van der Waals surface area contributed by atoms with Crippen LogP contribution in [0.25, 0.3) is 11.0 Å². The van der Waals surface area contributed by atoms with Crippen LogP contribution in [0.3, 0.4) is 0 Å². The number of nitro benzene ring substituents is 1. The molecule has 0 saturated carbocycles. The van der Waals surface area contributed by atoms with Gasteiger partial charge in [0.15, 0.2) is 0 Å². The Balaban J connectivity index is 1.90. The second-order valence-electron chi connectivity index (χ2n) is 5.40. The van der Waals surface area contributed by atoms with Gasteiger partial charge in [0.05, 0.1) is 15.9 Å². The van der Waals surface area contributed by atoms with Gasteiger partial charge in [-0.3, -0.25) is 10.1 Å². The first-order valence-corrected chi connectivity index (χ1v) is 8.71. The third-order valence-corrected chi connectivity index (χ3v) is 5.17. The maximum Gasteiger partial charge on any atom is 0.306 e. The lowest BCUT2D eigenvalue weighted by Crippen LogP contribution is -2.26. The summed E-state index contributed by atoms with van der Waals surface area (Å²) in [5.74, 6) is -0.712. The maximum atomic E-state index is 13.4. The molecule has 0 saturated heterocycles. The second-order valence-corrected chi connectivity index (χ2v) is 7.11. The zero-order chi connectivity index (χ0) is 18.2. The molecule has 1 heterocycles. The molecule has 9 heteroatoms. The fourth-order valence-corrected chi connectivity index (χ4v) is 3.61. The van der Waals surface area contributed by atoms with Crippen molar-refractivity contribution >= 4 is 26.7 Å². The van der Waals surface area contributed by atoms with Crippen LogP contribution in [0.5, 0.6) is 0 Å². The van der Waals surface area contributed by atoms with Gasteiger partial charge in [-0.05, 0) is 31.2 Å². The molecule has 0 amide bonds. The van der Waals surface area contributed by atoms with Crippen molar-refractivity contribution in [1.82, 2.24) is 4.72 Å². The Bertz CT molecular complexity index is 1030.